The van der Waals surface area contributed by atoms with Crippen molar-refractivity contribution < 1.29 is 23.2 Å². The molecule has 22 heavy (non-hydrogen) atoms. The van der Waals surface area contributed by atoms with Crippen LogP contribution in [0.4, 0.5) is 13.2 Å². The molecule has 4 nitrogen and oxygen atoms in total. The number of alkyl halides is 3. The minimum Gasteiger partial charge on any atom is -0.423 e. The average Bonchev–Trinajstić information content (AvgIpc) is 2.89. The molecule has 1 heterocycles. The normalized spacial score (nSPS) is 11.9. The fourth-order valence-electron chi connectivity index (χ4n) is 2.24. The van der Waals surface area contributed by atoms with Crippen molar-refractivity contribution >= 4 is 23.6 Å². The summed E-state index contributed by atoms with van der Waals surface area (Å²) < 4.78 is 39.7. The second-order valence-corrected chi connectivity index (χ2v) is 4.78. The third kappa shape index (κ3) is 2.58. The number of aromatic amines is 1. The molecule has 0 bridgehead atoms. The topological polar surface area (TPSA) is 69.1 Å². The maximum Gasteiger partial charge on any atom is 0.488 e. The molecule has 0 fully saturated rings. The van der Waals surface area contributed by atoms with E-state index in [4.69, 9.17) is 10.0 Å². The molecule has 0 spiro atoms. The van der Waals surface area contributed by atoms with Crippen molar-refractivity contribution in [2.24, 2.45) is 0 Å². The van der Waals surface area contributed by atoms with E-state index in [0.29, 0.717) is 17.1 Å². The van der Waals surface area contributed by atoms with Gasteiger partial charge in [0.25, 0.3) is 0 Å². The molecule has 0 saturated carbocycles. The van der Waals surface area contributed by atoms with Crippen LogP contribution in [0.25, 0.3) is 22.4 Å². The van der Waals surface area contributed by atoms with Crippen molar-refractivity contribution in [3.05, 3.63) is 48.0 Å². The van der Waals surface area contributed by atoms with E-state index < -0.39 is 18.9 Å². The molecule has 112 valence electrons. The largest absolute Gasteiger partial charge is 0.488 e. The van der Waals surface area contributed by atoms with Crippen LogP contribution >= 0.6 is 0 Å². The smallest absolute Gasteiger partial charge is 0.423 e. The van der Waals surface area contributed by atoms with Crippen molar-refractivity contribution in [2.45, 2.75) is 6.18 Å². The Labute approximate surface area is 123 Å². The molecule has 0 radical (unpaired) electrons. The number of hydrogen-bond acceptors (Lipinski definition) is 3. The van der Waals surface area contributed by atoms with Crippen LogP contribution in [0.15, 0.2) is 42.5 Å². The van der Waals surface area contributed by atoms with Gasteiger partial charge in [0.05, 0.1) is 16.6 Å². The summed E-state index contributed by atoms with van der Waals surface area (Å²) in [4.78, 5) is 6.99. The summed E-state index contributed by atoms with van der Waals surface area (Å²) in [5, 5.41) is 18.1. The van der Waals surface area contributed by atoms with E-state index in [1.54, 1.807) is 24.3 Å². The summed E-state index contributed by atoms with van der Waals surface area (Å²) in [5.74, 6) is 0.0764. The summed E-state index contributed by atoms with van der Waals surface area (Å²) in [6.45, 7) is 0. The van der Waals surface area contributed by atoms with Crippen molar-refractivity contribution in [1.82, 2.24) is 9.97 Å². The number of hydrogen-bond donors (Lipinski definition) is 3. The highest BCUT2D eigenvalue weighted by Crippen LogP contribution is 2.36. The zero-order valence-electron chi connectivity index (χ0n) is 11.1. The number of halogens is 3. The van der Waals surface area contributed by atoms with Gasteiger partial charge in [0.15, 0.2) is 0 Å². The number of H-pyrrole nitrogens is 1. The second kappa shape index (κ2) is 5.15. The molecule has 2 aromatic carbocycles. The van der Waals surface area contributed by atoms with E-state index in [0.717, 1.165) is 0 Å². The third-order valence-corrected chi connectivity index (χ3v) is 3.29. The first-order valence-electron chi connectivity index (χ1n) is 6.38. The van der Waals surface area contributed by atoms with Gasteiger partial charge < -0.3 is 15.0 Å². The Morgan fingerprint density at radius 2 is 1.77 bits per heavy atom. The van der Waals surface area contributed by atoms with Crippen LogP contribution in [0.1, 0.15) is 5.56 Å². The van der Waals surface area contributed by atoms with E-state index in [9.17, 15) is 13.2 Å². The van der Waals surface area contributed by atoms with Crippen LogP contribution in [-0.4, -0.2) is 27.1 Å². The van der Waals surface area contributed by atoms with Gasteiger partial charge in [-0.1, -0.05) is 24.3 Å². The van der Waals surface area contributed by atoms with Crippen LogP contribution in [0.2, 0.25) is 0 Å². The monoisotopic (exact) mass is 306 g/mol. The second-order valence-electron chi connectivity index (χ2n) is 4.78. The lowest BCUT2D eigenvalue weighted by molar-refractivity contribution is -0.137. The molecule has 0 aliphatic rings. The first-order valence-corrected chi connectivity index (χ1v) is 6.38. The van der Waals surface area contributed by atoms with Crippen LogP contribution in [0.5, 0.6) is 0 Å². The molecular formula is C14H10BF3N2O2. The minimum absolute atomic E-state index is 0.0764. The van der Waals surface area contributed by atoms with Crippen molar-refractivity contribution in [1.29, 1.82) is 0 Å². The maximum atomic E-state index is 13.2. The number of imidazole rings is 1. The zero-order valence-corrected chi connectivity index (χ0v) is 11.1. The van der Waals surface area contributed by atoms with E-state index in [2.05, 4.69) is 9.97 Å². The number of rotatable bonds is 2. The molecule has 0 saturated heterocycles. The van der Waals surface area contributed by atoms with Gasteiger partial charge in [0.1, 0.15) is 5.82 Å². The molecule has 1 aromatic heterocycles. The van der Waals surface area contributed by atoms with Gasteiger partial charge in [-0.15, -0.1) is 0 Å². The van der Waals surface area contributed by atoms with Gasteiger partial charge >= 0.3 is 13.3 Å². The summed E-state index contributed by atoms with van der Waals surface area (Å²) in [6, 6.07) is 10.0. The lowest BCUT2D eigenvalue weighted by Crippen LogP contribution is -2.31. The Bertz CT molecular complexity index is 797. The first kappa shape index (κ1) is 14.6. The van der Waals surface area contributed by atoms with Crippen LogP contribution in [-0.2, 0) is 6.18 Å². The molecule has 0 aliphatic heterocycles. The number of nitrogens with one attached hydrogen (secondary N) is 1. The number of fused-ring (bicyclic) bond motifs is 1. The predicted octanol–water partition coefficient (Wildman–Crippen LogP) is 1.93. The number of nitrogens with zero attached hydrogens (tertiary/aromatic N) is 1. The Morgan fingerprint density at radius 1 is 1.05 bits per heavy atom. The van der Waals surface area contributed by atoms with Crippen LogP contribution in [0, 0.1) is 0 Å². The molecular weight excluding hydrogens is 296 g/mol. The molecule has 0 aliphatic carbocycles. The standard InChI is InChI=1S/C14H10BF3N2O2/c16-14(17,18)10-7-8(15(21)22)5-6-9(10)13-19-11-3-1-2-4-12(11)20-13/h1-7,21-22H,(H,19,20). The Morgan fingerprint density at radius 3 is 2.41 bits per heavy atom. The summed E-state index contributed by atoms with van der Waals surface area (Å²) >= 11 is 0. The SMILES string of the molecule is OB(O)c1ccc(-c2nc3ccccc3[nH]2)c(C(F)(F)F)c1. The number of para-hydroxylation sites is 2. The Hall–Kier alpha value is -2.32. The van der Waals surface area contributed by atoms with E-state index >= 15 is 0 Å². The van der Waals surface area contributed by atoms with Gasteiger partial charge in [-0.25, -0.2) is 4.98 Å². The Balaban J connectivity index is 2.21. The van der Waals surface area contributed by atoms with Gasteiger partial charge in [0.2, 0.25) is 0 Å². The number of aromatic nitrogens is 2. The molecule has 0 amide bonds. The van der Waals surface area contributed by atoms with E-state index in [-0.39, 0.29) is 16.9 Å². The van der Waals surface area contributed by atoms with Crippen LogP contribution in [0.3, 0.4) is 0 Å². The van der Waals surface area contributed by atoms with Crippen LogP contribution < -0.4 is 5.46 Å². The molecule has 3 rings (SSSR count). The predicted molar refractivity (Wildman–Crippen MR) is 76.4 cm³/mol. The van der Waals surface area contributed by atoms with Gasteiger partial charge in [-0.3, -0.25) is 0 Å². The van der Waals surface area contributed by atoms with E-state index in [1.165, 1.54) is 12.1 Å². The lowest BCUT2D eigenvalue weighted by Gasteiger charge is -2.13. The van der Waals surface area contributed by atoms with Gasteiger partial charge in [0, 0.05) is 5.56 Å². The lowest BCUT2D eigenvalue weighted by atomic mass is 9.78. The molecule has 3 N–H and O–H groups in total. The molecule has 0 atom stereocenters. The zero-order chi connectivity index (χ0) is 15.9. The summed E-state index contributed by atoms with van der Waals surface area (Å²) in [5.41, 5.74) is -0.175. The molecule has 3 aromatic rings. The quantitative estimate of drug-likeness (QED) is 0.634. The highest BCUT2D eigenvalue weighted by atomic mass is 19.4. The fourth-order valence-corrected chi connectivity index (χ4v) is 2.24. The fraction of sp³-hybridized carbons (Fsp3) is 0.0714. The van der Waals surface area contributed by atoms with Gasteiger partial charge in [-0.2, -0.15) is 13.2 Å². The first-order chi connectivity index (χ1) is 10.4. The minimum atomic E-state index is -4.64. The summed E-state index contributed by atoms with van der Waals surface area (Å²) in [7, 11) is -1.97. The number of benzene rings is 2. The third-order valence-electron chi connectivity index (χ3n) is 3.29. The molecule has 0 unspecified atom stereocenters. The molecule has 8 heteroatoms. The summed E-state index contributed by atoms with van der Waals surface area (Å²) in [6.07, 6.45) is -4.64. The van der Waals surface area contributed by atoms with Crippen molar-refractivity contribution in [3.63, 3.8) is 0 Å². The highest BCUT2D eigenvalue weighted by Gasteiger charge is 2.35. The Kier molecular flexibility index (Phi) is 3.42. The van der Waals surface area contributed by atoms with Crippen molar-refractivity contribution in [3.8, 4) is 11.4 Å². The average molecular weight is 306 g/mol. The van der Waals surface area contributed by atoms with E-state index in [1.807, 2.05) is 0 Å². The van der Waals surface area contributed by atoms with Crippen molar-refractivity contribution in [2.75, 3.05) is 0 Å². The van der Waals surface area contributed by atoms with Gasteiger partial charge in [-0.05, 0) is 23.7 Å². The highest BCUT2D eigenvalue weighted by molar-refractivity contribution is 6.58. The maximum absolute atomic E-state index is 13.2.